The molecule has 1 heterocycles. The first-order valence-corrected chi connectivity index (χ1v) is 9.58. The minimum absolute atomic E-state index is 0.178. The van der Waals surface area contributed by atoms with Gasteiger partial charge >= 0.3 is 5.97 Å². The molecule has 0 aliphatic rings. The molecule has 1 aromatic carbocycles. The molecule has 0 unspecified atom stereocenters. The Morgan fingerprint density at radius 1 is 1.46 bits per heavy atom. The van der Waals surface area contributed by atoms with E-state index in [2.05, 4.69) is 27.8 Å². The van der Waals surface area contributed by atoms with Gasteiger partial charge in [0.25, 0.3) is 0 Å². The molecule has 0 radical (unpaired) electrons. The van der Waals surface area contributed by atoms with Crippen molar-refractivity contribution in [3.8, 4) is 0 Å². The second-order valence-electron chi connectivity index (χ2n) is 5.28. The summed E-state index contributed by atoms with van der Waals surface area (Å²) in [6.07, 6.45) is 0.928. The number of furan rings is 1. The van der Waals surface area contributed by atoms with Crippen LogP contribution in [-0.4, -0.2) is 23.8 Å². The highest BCUT2D eigenvalue weighted by atomic mass is 79.9. The summed E-state index contributed by atoms with van der Waals surface area (Å²) in [7, 11) is 0. The van der Waals surface area contributed by atoms with E-state index in [0.29, 0.717) is 23.1 Å². The number of amidine groups is 1. The largest absolute Gasteiger partial charge is 0.460 e. The van der Waals surface area contributed by atoms with Crippen molar-refractivity contribution >= 4 is 49.8 Å². The topological polar surface area (TPSA) is 77.8 Å². The van der Waals surface area contributed by atoms with Crippen molar-refractivity contribution in [3.63, 3.8) is 0 Å². The molecule has 1 atom stereocenters. The average molecular weight is 413 g/mol. The minimum Gasteiger partial charge on any atom is -0.460 e. The molecule has 2 rings (SSSR count). The first-order chi connectivity index (χ1) is 11.5. The van der Waals surface area contributed by atoms with Gasteiger partial charge in [-0.2, -0.15) is 0 Å². The molecule has 0 aliphatic heterocycles. The van der Waals surface area contributed by atoms with Crippen molar-refractivity contribution < 1.29 is 13.9 Å². The van der Waals surface area contributed by atoms with E-state index in [0.717, 1.165) is 21.8 Å². The van der Waals surface area contributed by atoms with Crippen LogP contribution in [0.4, 0.5) is 0 Å². The summed E-state index contributed by atoms with van der Waals surface area (Å²) in [5, 5.41) is 1.37. The van der Waals surface area contributed by atoms with Crippen LogP contribution in [-0.2, 0) is 10.5 Å². The van der Waals surface area contributed by atoms with E-state index in [4.69, 9.17) is 14.9 Å². The Kier molecular flexibility index (Phi) is 6.74. The van der Waals surface area contributed by atoms with Gasteiger partial charge in [-0.05, 0) is 38.5 Å². The van der Waals surface area contributed by atoms with Crippen LogP contribution in [0.5, 0.6) is 0 Å². The van der Waals surface area contributed by atoms with Crippen LogP contribution in [0.25, 0.3) is 11.0 Å². The number of ether oxygens (including phenoxy) is 1. The highest BCUT2D eigenvalue weighted by molar-refractivity contribution is 9.10. The number of esters is 1. The van der Waals surface area contributed by atoms with Gasteiger partial charge in [-0.15, -0.1) is 0 Å². The van der Waals surface area contributed by atoms with Crippen LogP contribution >= 0.6 is 27.7 Å². The Labute approximate surface area is 154 Å². The van der Waals surface area contributed by atoms with E-state index in [1.165, 1.54) is 11.8 Å². The quantitative estimate of drug-likeness (QED) is 0.421. The number of thioether (sulfide) groups is 1. The number of hydrogen-bond acceptors (Lipinski definition) is 5. The Hall–Kier alpha value is -1.47. The maximum absolute atomic E-state index is 12.2. The van der Waals surface area contributed by atoms with E-state index in [9.17, 15) is 4.79 Å². The monoisotopic (exact) mass is 412 g/mol. The number of rotatable bonds is 6. The van der Waals surface area contributed by atoms with Crippen molar-refractivity contribution in [1.82, 2.24) is 0 Å². The van der Waals surface area contributed by atoms with Crippen molar-refractivity contribution in [3.05, 3.63) is 34.0 Å². The molecule has 0 saturated heterocycles. The van der Waals surface area contributed by atoms with Gasteiger partial charge in [-0.1, -0.05) is 34.6 Å². The molecule has 0 bridgehead atoms. The van der Waals surface area contributed by atoms with Gasteiger partial charge in [0.2, 0.25) is 5.76 Å². The smallest absolute Gasteiger partial charge is 0.374 e. The van der Waals surface area contributed by atoms with Crippen LogP contribution in [0.15, 0.2) is 32.1 Å². The van der Waals surface area contributed by atoms with Gasteiger partial charge in [0.05, 0.1) is 6.61 Å². The van der Waals surface area contributed by atoms with Crippen molar-refractivity contribution in [1.29, 1.82) is 0 Å². The molecule has 130 valence electrons. The Morgan fingerprint density at radius 2 is 2.21 bits per heavy atom. The normalized spacial score (nSPS) is 13.2. The Balaban J connectivity index is 2.35. The van der Waals surface area contributed by atoms with E-state index >= 15 is 0 Å². The van der Waals surface area contributed by atoms with Crippen LogP contribution < -0.4 is 5.73 Å². The number of nitrogens with two attached hydrogens (primary N) is 1. The van der Waals surface area contributed by atoms with Crippen LogP contribution in [0.1, 0.15) is 43.3 Å². The van der Waals surface area contributed by atoms with Gasteiger partial charge in [0.15, 0.2) is 5.17 Å². The van der Waals surface area contributed by atoms with Gasteiger partial charge < -0.3 is 14.9 Å². The molecular formula is C17H21BrN2O3S. The van der Waals surface area contributed by atoms with Gasteiger partial charge in [0, 0.05) is 27.2 Å². The second-order valence-corrected chi connectivity index (χ2v) is 7.20. The van der Waals surface area contributed by atoms with Gasteiger partial charge in [0.1, 0.15) is 5.58 Å². The molecule has 0 aliphatic carbocycles. The maximum atomic E-state index is 12.2. The molecule has 0 saturated carbocycles. The zero-order valence-electron chi connectivity index (χ0n) is 14.0. The molecular weight excluding hydrogens is 392 g/mol. The third-order valence-corrected chi connectivity index (χ3v) is 4.84. The van der Waals surface area contributed by atoms with E-state index in [-0.39, 0.29) is 11.8 Å². The fourth-order valence-corrected chi connectivity index (χ4v) is 3.31. The number of halogens is 1. The molecule has 1 aromatic heterocycles. The zero-order chi connectivity index (χ0) is 17.7. The molecule has 5 nitrogen and oxygen atoms in total. The van der Waals surface area contributed by atoms with Crippen molar-refractivity contribution in [2.24, 2.45) is 10.7 Å². The number of carbonyl (C=O) groups excluding carboxylic acids is 1. The van der Waals surface area contributed by atoms with E-state index in [1.54, 1.807) is 6.92 Å². The molecule has 24 heavy (non-hydrogen) atoms. The number of benzene rings is 1. The number of aliphatic imine (C=N–C) groups is 1. The fourth-order valence-electron chi connectivity index (χ4n) is 2.12. The van der Waals surface area contributed by atoms with Gasteiger partial charge in [-0.3, -0.25) is 4.99 Å². The SMILES string of the molecule is CCOC(=O)c1oc2ccc(Br)cc2c1CSC(N)=N[C@H](C)CC. The number of fused-ring (bicyclic) bond motifs is 1. The molecule has 2 N–H and O–H groups in total. The first kappa shape index (κ1) is 18.9. The number of nitrogens with zero attached hydrogens (tertiary/aromatic N) is 1. The predicted octanol–water partition coefficient (Wildman–Crippen LogP) is 4.72. The summed E-state index contributed by atoms with van der Waals surface area (Å²) in [5.74, 6) is 0.259. The van der Waals surface area contributed by atoms with Crippen molar-refractivity contribution in [2.45, 2.75) is 39.0 Å². The molecule has 0 fully saturated rings. The highest BCUT2D eigenvalue weighted by Crippen LogP contribution is 2.32. The summed E-state index contributed by atoms with van der Waals surface area (Å²) in [4.78, 5) is 16.6. The molecule has 0 amide bonds. The number of hydrogen-bond donors (Lipinski definition) is 1. The lowest BCUT2D eigenvalue weighted by Crippen LogP contribution is -2.12. The minimum atomic E-state index is -0.460. The summed E-state index contributed by atoms with van der Waals surface area (Å²) in [5.41, 5.74) is 7.41. The fraction of sp³-hybridized carbons (Fsp3) is 0.412. The highest BCUT2D eigenvalue weighted by Gasteiger charge is 2.22. The Bertz CT molecular complexity index is 758. The molecule has 0 spiro atoms. The third-order valence-electron chi connectivity index (χ3n) is 3.52. The first-order valence-electron chi connectivity index (χ1n) is 7.80. The van der Waals surface area contributed by atoms with Crippen LogP contribution in [0, 0.1) is 0 Å². The standard InChI is InChI=1S/C17H21BrN2O3S/c1-4-10(3)20-17(19)24-9-13-12-8-11(18)6-7-14(12)23-15(13)16(21)22-5-2/h6-8,10H,4-5,9H2,1-3H3,(H2,19,20)/t10-/m1/s1. The maximum Gasteiger partial charge on any atom is 0.374 e. The predicted molar refractivity (Wildman–Crippen MR) is 103 cm³/mol. The van der Waals surface area contributed by atoms with Crippen LogP contribution in [0.3, 0.4) is 0 Å². The van der Waals surface area contributed by atoms with Crippen molar-refractivity contribution in [2.75, 3.05) is 6.61 Å². The average Bonchev–Trinajstić information content (AvgIpc) is 2.91. The summed E-state index contributed by atoms with van der Waals surface area (Å²) >= 11 is 4.85. The number of carbonyl (C=O) groups is 1. The third kappa shape index (κ3) is 4.54. The van der Waals surface area contributed by atoms with Crippen LogP contribution in [0.2, 0.25) is 0 Å². The second kappa shape index (κ2) is 8.58. The summed E-state index contributed by atoms with van der Waals surface area (Å²) in [6, 6.07) is 5.81. The Morgan fingerprint density at radius 3 is 2.88 bits per heavy atom. The lowest BCUT2D eigenvalue weighted by atomic mass is 10.1. The summed E-state index contributed by atoms with van der Waals surface area (Å²) < 4.78 is 11.7. The zero-order valence-corrected chi connectivity index (χ0v) is 16.4. The summed E-state index contributed by atoms with van der Waals surface area (Å²) in [6.45, 7) is 6.14. The van der Waals surface area contributed by atoms with E-state index < -0.39 is 5.97 Å². The van der Waals surface area contributed by atoms with E-state index in [1.807, 2.05) is 25.1 Å². The lowest BCUT2D eigenvalue weighted by Gasteiger charge is -2.06. The lowest BCUT2D eigenvalue weighted by molar-refractivity contribution is 0.0491. The molecule has 2 aromatic rings. The molecule has 7 heteroatoms. The van der Waals surface area contributed by atoms with Gasteiger partial charge in [-0.25, -0.2) is 4.79 Å².